The van der Waals surface area contributed by atoms with Crippen molar-refractivity contribution in [1.29, 1.82) is 0 Å². The van der Waals surface area contributed by atoms with Crippen LogP contribution in [0.3, 0.4) is 0 Å². The first kappa shape index (κ1) is 20.2. The van der Waals surface area contributed by atoms with Crippen molar-refractivity contribution in [2.75, 3.05) is 0 Å². The first-order valence-corrected chi connectivity index (χ1v) is 11.4. The van der Waals surface area contributed by atoms with E-state index < -0.39 is 0 Å². The number of hydrogen-bond acceptors (Lipinski definition) is 1. The molecule has 0 aliphatic heterocycles. The van der Waals surface area contributed by atoms with E-state index in [9.17, 15) is 0 Å². The molecule has 0 saturated carbocycles. The van der Waals surface area contributed by atoms with E-state index in [1.54, 1.807) is 0 Å². The van der Waals surface area contributed by atoms with Crippen LogP contribution in [0.15, 0.2) is 48.5 Å². The van der Waals surface area contributed by atoms with Crippen LogP contribution in [0.5, 0.6) is 0 Å². The average molecular weight is 386 g/mol. The molecule has 0 bridgehead atoms. The summed E-state index contributed by atoms with van der Waals surface area (Å²) >= 11 is 0. The summed E-state index contributed by atoms with van der Waals surface area (Å²) < 4.78 is 0. The van der Waals surface area contributed by atoms with Crippen LogP contribution in [-0.4, -0.2) is 0 Å². The van der Waals surface area contributed by atoms with Crippen molar-refractivity contribution in [3.8, 4) is 11.1 Å². The van der Waals surface area contributed by atoms with Crippen molar-refractivity contribution in [2.45, 2.75) is 77.7 Å². The van der Waals surface area contributed by atoms with Crippen LogP contribution in [0.2, 0.25) is 0 Å². The summed E-state index contributed by atoms with van der Waals surface area (Å²) in [4.78, 5) is 0. The molecule has 1 heteroatoms. The Hall–Kier alpha value is -2.12. The Morgan fingerprint density at radius 3 is 2.21 bits per heavy atom. The molecule has 0 heterocycles. The minimum atomic E-state index is -0.237. The second-order valence-corrected chi connectivity index (χ2v) is 9.43. The van der Waals surface area contributed by atoms with Gasteiger partial charge in [-0.15, -0.1) is 0 Å². The van der Waals surface area contributed by atoms with E-state index in [1.165, 1.54) is 63.4 Å². The van der Waals surface area contributed by atoms with Crippen LogP contribution in [0.1, 0.15) is 82.6 Å². The molecule has 152 valence electrons. The Morgan fingerprint density at radius 2 is 1.52 bits per heavy atom. The zero-order valence-electron chi connectivity index (χ0n) is 18.7. The molecule has 0 fully saturated rings. The fourth-order valence-corrected chi connectivity index (χ4v) is 5.03. The maximum Gasteiger partial charge on any atom is 0.0404 e. The van der Waals surface area contributed by atoms with E-state index in [0.717, 1.165) is 12.8 Å². The molecular weight excluding hydrogens is 350 g/mol. The maximum atomic E-state index is 6.74. The Bertz CT molecular complexity index is 1050. The van der Waals surface area contributed by atoms with E-state index in [1.807, 2.05) is 0 Å². The van der Waals surface area contributed by atoms with Crippen molar-refractivity contribution in [3.63, 3.8) is 0 Å². The molecule has 1 aliphatic carbocycles. The van der Waals surface area contributed by atoms with Crippen LogP contribution in [0.25, 0.3) is 21.9 Å². The number of nitrogens with two attached hydrogens (primary N) is 1. The van der Waals surface area contributed by atoms with Gasteiger partial charge in [0, 0.05) is 11.0 Å². The minimum Gasteiger partial charge on any atom is -0.321 e. The van der Waals surface area contributed by atoms with Gasteiger partial charge in [-0.05, 0) is 82.0 Å². The first-order valence-electron chi connectivity index (χ1n) is 11.4. The quantitative estimate of drug-likeness (QED) is 0.468. The lowest BCUT2D eigenvalue weighted by Gasteiger charge is -2.29. The van der Waals surface area contributed by atoms with Gasteiger partial charge in [0.25, 0.3) is 0 Å². The molecule has 0 radical (unpaired) electrons. The third-order valence-electron chi connectivity index (χ3n) is 7.35. The molecule has 0 saturated heterocycles. The van der Waals surface area contributed by atoms with E-state index in [0.29, 0.717) is 0 Å². The van der Waals surface area contributed by atoms with Gasteiger partial charge in [-0.3, -0.25) is 0 Å². The number of benzene rings is 3. The fraction of sp³-hybridized carbons (Fsp3) is 0.429. The van der Waals surface area contributed by atoms with Gasteiger partial charge in [-0.1, -0.05) is 77.4 Å². The van der Waals surface area contributed by atoms with Crippen molar-refractivity contribution >= 4 is 10.8 Å². The summed E-state index contributed by atoms with van der Waals surface area (Å²) in [6.07, 6.45) is 5.58. The average Bonchev–Trinajstić information content (AvgIpc) is 2.96. The summed E-state index contributed by atoms with van der Waals surface area (Å²) in [5.74, 6) is 0. The third kappa shape index (κ3) is 3.20. The van der Waals surface area contributed by atoms with Gasteiger partial charge in [-0.25, -0.2) is 0 Å². The lowest BCUT2D eigenvalue weighted by molar-refractivity contribution is 0.412. The Balaban J connectivity index is 1.86. The monoisotopic (exact) mass is 385 g/mol. The topological polar surface area (TPSA) is 26.0 Å². The largest absolute Gasteiger partial charge is 0.321 e. The smallest absolute Gasteiger partial charge is 0.0404 e. The molecule has 1 nitrogen and oxygen atoms in total. The predicted molar refractivity (Wildman–Crippen MR) is 127 cm³/mol. The number of aryl methyl sites for hydroxylation is 1. The van der Waals surface area contributed by atoms with Crippen LogP contribution in [0.4, 0.5) is 0 Å². The summed E-state index contributed by atoms with van der Waals surface area (Å²) in [6.45, 7) is 11.4. The highest BCUT2D eigenvalue weighted by Crippen LogP contribution is 2.50. The lowest BCUT2D eigenvalue weighted by atomic mass is 9.78. The van der Waals surface area contributed by atoms with Crippen LogP contribution < -0.4 is 5.73 Å². The van der Waals surface area contributed by atoms with Gasteiger partial charge in [-0.2, -0.15) is 0 Å². The zero-order valence-corrected chi connectivity index (χ0v) is 18.7. The number of hydrogen-bond donors (Lipinski definition) is 1. The fourth-order valence-electron chi connectivity index (χ4n) is 5.03. The number of rotatable bonds is 6. The normalized spacial score (nSPS) is 14.8. The second kappa shape index (κ2) is 7.29. The first-order chi connectivity index (χ1) is 13.8. The molecule has 3 aromatic rings. The van der Waals surface area contributed by atoms with E-state index in [4.69, 9.17) is 5.73 Å². The maximum absolute atomic E-state index is 6.74. The molecule has 0 aromatic heterocycles. The highest BCUT2D eigenvalue weighted by atomic mass is 14.7. The summed E-state index contributed by atoms with van der Waals surface area (Å²) in [6, 6.07) is 18.8. The van der Waals surface area contributed by atoms with Crippen LogP contribution in [0, 0.1) is 0 Å². The molecule has 2 N–H and O–H groups in total. The van der Waals surface area contributed by atoms with Gasteiger partial charge < -0.3 is 5.73 Å². The molecule has 0 unspecified atom stereocenters. The third-order valence-corrected chi connectivity index (χ3v) is 7.35. The molecule has 0 spiro atoms. The van der Waals surface area contributed by atoms with E-state index >= 15 is 0 Å². The summed E-state index contributed by atoms with van der Waals surface area (Å²) in [7, 11) is 0. The molecular formula is C28H35N. The molecule has 29 heavy (non-hydrogen) atoms. The van der Waals surface area contributed by atoms with Gasteiger partial charge in [0.15, 0.2) is 0 Å². The minimum absolute atomic E-state index is 0.00184. The number of unbranched alkanes of at least 4 members (excludes halogenated alkanes) is 1. The van der Waals surface area contributed by atoms with Crippen molar-refractivity contribution < 1.29 is 0 Å². The van der Waals surface area contributed by atoms with Crippen molar-refractivity contribution in [1.82, 2.24) is 0 Å². The highest BCUT2D eigenvalue weighted by molar-refractivity contribution is 5.93. The Kier molecular flexibility index (Phi) is 5.07. The SMILES string of the molecule is CCCCc1ccc2cc3c(cc2c1)-c1ccc(C(N)(CC)CC)cc1C3(C)C. The number of fused-ring (bicyclic) bond motifs is 4. The van der Waals surface area contributed by atoms with Gasteiger partial charge in [0.1, 0.15) is 0 Å². The predicted octanol–water partition coefficient (Wildman–Crippen LogP) is 7.46. The second-order valence-electron chi connectivity index (χ2n) is 9.43. The van der Waals surface area contributed by atoms with Gasteiger partial charge in [0.2, 0.25) is 0 Å². The van der Waals surface area contributed by atoms with E-state index in [2.05, 4.69) is 83.1 Å². The molecule has 1 aliphatic rings. The standard InChI is InChI=1S/C28H35N/c1-6-9-10-19-11-12-20-17-25-24(16-21(20)15-19)23-14-13-22(28(29,7-2)8-3)18-26(23)27(25,4)5/h11-18H,6-10,29H2,1-5H3. The van der Waals surface area contributed by atoms with Gasteiger partial charge in [0.05, 0.1) is 0 Å². The van der Waals surface area contributed by atoms with Gasteiger partial charge >= 0.3 is 0 Å². The van der Waals surface area contributed by atoms with E-state index in [-0.39, 0.29) is 11.0 Å². The summed E-state index contributed by atoms with van der Waals surface area (Å²) in [5.41, 5.74) is 14.9. The van der Waals surface area contributed by atoms with Crippen molar-refractivity contribution in [2.24, 2.45) is 5.73 Å². The summed E-state index contributed by atoms with van der Waals surface area (Å²) in [5, 5.41) is 2.71. The zero-order chi connectivity index (χ0) is 20.8. The molecule has 4 rings (SSSR count). The van der Waals surface area contributed by atoms with Crippen LogP contribution in [-0.2, 0) is 17.4 Å². The highest BCUT2D eigenvalue weighted by Gasteiger charge is 2.37. The lowest BCUT2D eigenvalue weighted by Crippen LogP contribution is -2.35. The molecule has 0 amide bonds. The Labute approximate surface area is 176 Å². The molecule has 3 aromatic carbocycles. The Morgan fingerprint density at radius 1 is 0.793 bits per heavy atom. The molecule has 0 atom stereocenters. The van der Waals surface area contributed by atoms with Crippen molar-refractivity contribution in [3.05, 3.63) is 70.8 Å². The van der Waals surface area contributed by atoms with Crippen LogP contribution >= 0.6 is 0 Å².